The second-order valence-corrected chi connectivity index (χ2v) is 8.62. The molecule has 0 aliphatic heterocycles. The SMILES string of the molecule is CCCS(=O)c1sc2nc(-c3ccccn3)nc(-c3ccccn3)c2c1N. The Morgan fingerprint density at radius 3 is 2.37 bits per heavy atom. The molecule has 4 aromatic heterocycles. The van der Waals surface area contributed by atoms with Crippen LogP contribution in [0.4, 0.5) is 5.69 Å². The van der Waals surface area contributed by atoms with Gasteiger partial charge < -0.3 is 5.73 Å². The summed E-state index contributed by atoms with van der Waals surface area (Å²) >= 11 is 1.36. The molecule has 1 unspecified atom stereocenters. The maximum atomic E-state index is 12.6. The van der Waals surface area contributed by atoms with Crippen LogP contribution in [0.3, 0.4) is 0 Å². The molecule has 27 heavy (non-hydrogen) atoms. The van der Waals surface area contributed by atoms with Crippen molar-refractivity contribution in [1.29, 1.82) is 0 Å². The highest BCUT2D eigenvalue weighted by Gasteiger charge is 2.22. The Morgan fingerprint density at radius 1 is 1.04 bits per heavy atom. The first-order valence-electron chi connectivity index (χ1n) is 8.50. The van der Waals surface area contributed by atoms with Crippen LogP contribution >= 0.6 is 11.3 Å². The molecule has 8 heteroatoms. The van der Waals surface area contributed by atoms with Gasteiger partial charge in [0.05, 0.1) is 27.6 Å². The highest BCUT2D eigenvalue weighted by Crippen LogP contribution is 2.40. The molecule has 0 amide bonds. The number of fused-ring (bicyclic) bond motifs is 1. The quantitative estimate of drug-likeness (QED) is 0.550. The lowest BCUT2D eigenvalue weighted by Crippen LogP contribution is -1.99. The third kappa shape index (κ3) is 3.33. The molecule has 0 aromatic carbocycles. The van der Waals surface area contributed by atoms with Gasteiger partial charge in [-0.1, -0.05) is 19.1 Å². The zero-order valence-electron chi connectivity index (χ0n) is 14.6. The van der Waals surface area contributed by atoms with Crippen molar-refractivity contribution in [3.05, 3.63) is 48.8 Å². The predicted octanol–water partition coefficient (Wildman–Crippen LogP) is 3.92. The molecule has 4 heterocycles. The van der Waals surface area contributed by atoms with Crippen LogP contribution in [0.15, 0.2) is 53.0 Å². The minimum Gasteiger partial charge on any atom is -0.396 e. The van der Waals surface area contributed by atoms with Crippen LogP contribution in [0.25, 0.3) is 33.1 Å². The van der Waals surface area contributed by atoms with E-state index < -0.39 is 10.8 Å². The van der Waals surface area contributed by atoms with E-state index in [-0.39, 0.29) is 0 Å². The lowest BCUT2D eigenvalue weighted by molar-refractivity contribution is 0.683. The summed E-state index contributed by atoms with van der Waals surface area (Å²) in [5.41, 5.74) is 8.87. The van der Waals surface area contributed by atoms with Crippen molar-refractivity contribution in [2.45, 2.75) is 17.6 Å². The summed E-state index contributed by atoms with van der Waals surface area (Å²) in [4.78, 5) is 18.8. The van der Waals surface area contributed by atoms with Crippen molar-refractivity contribution >= 4 is 38.0 Å². The van der Waals surface area contributed by atoms with Crippen molar-refractivity contribution in [2.24, 2.45) is 0 Å². The third-order valence-electron chi connectivity index (χ3n) is 3.95. The molecule has 4 aromatic rings. The Morgan fingerprint density at radius 2 is 1.74 bits per heavy atom. The molecular formula is C19H17N5OS2. The Hall–Kier alpha value is -2.71. The molecule has 1 atom stereocenters. The van der Waals surface area contributed by atoms with E-state index in [2.05, 4.69) is 15.0 Å². The summed E-state index contributed by atoms with van der Waals surface area (Å²) in [7, 11) is -1.15. The maximum absolute atomic E-state index is 12.6. The van der Waals surface area contributed by atoms with Crippen LogP contribution in [-0.2, 0) is 10.8 Å². The molecule has 0 spiro atoms. The molecule has 0 radical (unpaired) electrons. The molecular weight excluding hydrogens is 378 g/mol. The first-order valence-corrected chi connectivity index (χ1v) is 10.6. The van der Waals surface area contributed by atoms with E-state index in [0.717, 1.165) is 6.42 Å². The second kappa shape index (κ2) is 7.50. The fourth-order valence-corrected chi connectivity index (χ4v) is 5.34. The molecule has 0 fully saturated rings. The van der Waals surface area contributed by atoms with E-state index in [4.69, 9.17) is 10.7 Å². The van der Waals surface area contributed by atoms with E-state index in [0.29, 0.717) is 48.8 Å². The molecule has 136 valence electrons. The Labute approximate surface area is 163 Å². The van der Waals surface area contributed by atoms with Crippen LogP contribution in [-0.4, -0.2) is 29.9 Å². The standard InChI is InChI=1S/C19H17N5OS2/c1-2-11-27(25)19-15(20)14-16(12-7-3-5-9-21-12)23-17(24-18(14)26-19)13-8-4-6-10-22-13/h3-10H,2,11,20H2,1H3. The number of hydrogen-bond acceptors (Lipinski definition) is 7. The van der Waals surface area contributed by atoms with Crippen molar-refractivity contribution in [2.75, 3.05) is 11.5 Å². The minimum absolute atomic E-state index is 0.481. The van der Waals surface area contributed by atoms with Gasteiger partial charge >= 0.3 is 0 Å². The van der Waals surface area contributed by atoms with Crippen molar-refractivity contribution < 1.29 is 4.21 Å². The van der Waals surface area contributed by atoms with Crippen LogP contribution in [0.5, 0.6) is 0 Å². The number of nitrogens with two attached hydrogens (primary N) is 1. The van der Waals surface area contributed by atoms with Crippen molar-refractivity contribution in [3.8, 4) is 22.9 Å². The monoisotopic (exact) mass is 395 g/mol. The minimum atomic E-state index is -1.15. The first kappa shape index (κ1) is 17.7. The normalized spacial score (nSPS) is 12.3. The number of aromatic nitrogens is 4. The zero-order chi connectivity index (χ0) is 18.8. The molecule has 6 nitrogen and oxygen atoms in total. The van der Waals surface area contributed by atoms with E-state index in [1.807, 2.05) is 43.3 Å². The van der Waals surface area contributed by atoms with Crippen LogP contribution < -0.4 is 5.73 Å². The van der Waals surface area contributed by atoms with E-state index in [1.165, 1.54) is 11.3 Å². The van der Waals surface area contributed by atoms with Gasteiger partial charge in [-0.05, 0) is 30.7 Å². The van der Waals surface area contributed by atoms with Crippen molar-refractivity contribution in [3.63, 3.8) is 0 Å². The number of nitrogen functional groups attached to an aromatic ring is 1. The van der Waals surface area contributed by atoms with Crippen LogP contribution in [0.2, 0.25) is 0 Å². The van der Waals surface area contributed by atoms with Gasteiger partial charge in [0.15, 0.2) is 5.82 Å². The van der Waals surface area contributed by atoms with Gasteiger partial charge in [0, 0.05) is 18.1 Å². The molecule has 0 aliphatic carbocycles. The number of hydrogen-bond donors (Lipinski definition) is 1. The summed E-state index contributed by atoms with van der Waals surface area (Å²) in [5, 5.41) is 0.706. The molecule has 0 aliphatic rings. The van der Waals surface area contributed by atoms with Gasteiger partial charge in [0.25, 0.3) is 0 Å². The number of nitrogens with zero attached hydrogens (tertiary/aromatic N) is 4. The topological polar surface area (TPSA) is 94.6 Å². The van der Waals surface area contributed by atoms with Gasteiger partial charge in [-0.25, -0.2) is 9.97 Å². The highest BCUT2D eigenvalue weighted by atomic mass is 32.2. The van der Waals surface area contributed by atoms with Gasteiger partial charge in [-0.3, -0.25) is 14.2 Å². The molecule has 0 bridgehead atoms. The summed E-state index contributed by atoms with van der Waals surface area (Å²) in [6.45, 7) is 2.00. The summed E-state index contributed by atoms with van der Waals surface area (Å²) in [6.07, 6.45) is 4.23. The fourth-order valence-electron chi connectivity index (χ4n) is 2.75. The number of pyridine rings is 2. The van der Waals surface area contributed by atoms with Crippen molar-refractivity contribution in [1.82, 2.24) is 19.9 Å². The largest absolute Gasteiger partial charge is 0.396 e. The summed E-state index contributed by atoms with van der Waals surface area (Å²) in [5.74, 6) is 1.06. The maximum Gasteiger partial charge on any atom is 0.180 e. The zero-order valence-corrected chi connectivity index (χ0v) is 16.3. The van der Waals surface area contributed by atoms with E-state index in [9.17, 15) is 4.21 Å². The molecule has 0 saturated heterocycles. The van der Waals surface area contributed by atoms with Crippen LogP contribution in [0.1, 0.15) is 13.3 Å². The summed E-state index contributed by atoms with van der Waals surface area (Å²) < 4.78 is 13.3. The fraction of sp³-hybridized carbons (Fsp3) is 0.158. The summed E-state index contributed by atoms with van der Waals surface area (Å²) in [6, 6.07) is 11.2. The van der Waals surface area contributed by atoms with E-state index >= 15 is 0 Å². The lowest BCUT2D eigenvalue weighted by atomic mass is 10.2. The number of rotatable bonds is 5. The van der Waals surface area contributed by atoms with Gasteiger partial charge in [-0.15, -0.1) is 11.3 Å². The number of thiophene rings is 1. The van der Waals surface area contributed by atoms with Gasteiger partial charge in [-0.2, -0.15) is 0 Å². The average molecular weight is 396 g/mol. The second-order valence-electron chi connectivity index (χ2n) is 5.86. The van der Waals surface area contributed by atoms with Gasteiger partial charge in [0.2, 0.25) is 0 Å². The predicted molar refractivity (Wildman–Crippen MR) is 110 cm³/mol. The first-order chi connectivity index (χ1) is 13.2. The Balaban J connectivity index is 2.01. The smallest absolute Gasteiger partial charge is 0.180 e. The average Bonchev–Trinajstić information content (AvgIpc) is 3.05. The Bertz CT molecular complexity index is 1110. The van der Waals surface area contributed by atoms with Crippen LogP contribution in [0, 0.1) is 0 Å². The van der Waals surface area contributed by atoms with Gasteiger partial charge in [0.1, 0.15) is 20.4 Å². The number of anilines is 1. The lowest BCUT2D eigenvalue weighted by Gasteiger charge is -2.06. The van der Waals surface area contributed by atoms with E-state index in [1.54, 1.807) is 12.4 Å². The highest BCUT2D eigenvalue weighted by molar-refractivity contribution is 7.87. The Kier molecular flexibility index (Phi) is 4.91. The third-order valence-corrected chi connectivity index (χ3v) is 7.07. The molecule has 2 N–H and O–H groups in total. The molecule has 0 saturated carbocycles. The molecule has 4 rings (SSSR count).